The number of nitrogens with zero attached hydrogens (tertiary/aromatic N) is 1. The third-order valence-electron chi connectivity index (χ3n) is 2.06. The monoisotopic (exact) mass is 178 g/mol. The van der Waals surface area contributed by atoms with Gasteiger partial charge in [0.25, 0.3) is 0 Å². The number of aliphatic hydroxyl groups is 2. The molecule has 2 rings (SSSR count). The minimum atomic E-state index is -1.19. The van der Waals surface area contributed by atoms with Crippen molar-refractivity contribution in [1.29, 1.82) is 0 Å². The van der Waals surface area contributed by atoms with E-state index in [4.69, 9.17) is 10.8 Å². The number of fused-ring (bicyclic) bond motifs is 1. The number of hydrogen-bond donors (Lipinski definition) is 3. The Morgan fingerprint density at radius 3 is 2.69 bits per heavy atom. The van der Waals surface area contributed by atoms with Crippen LogP contribution in [0.3, 0.4) is 0 Å². The van der Waals surface area contributed by atoms with Crippen molar-refractivity contribution in [3.8, 4) is 0 Å². The SMILES string of the molecule is NC(O)C1=Nc2ccccc2C1O. The lowest BCUT2D eigenvalue weighted by molar-refractivity contribution is 0.203. The summed E-state index contributed by atoms with van der Waals surface area (Å²) in [7, 11) is 0. The Morgan fingerprint density at radius 1 is 1.38 bits per heavy atom. The first-order valence-electron chi connectivity index (χ1n) is 3.99. The Kier molecular flexibility index (Phi) is 1.88. The second-order valence-corrected chi connectivity index (χ2v) is 2.94. The van der Waals surface area contributed by atoms with Crippen LogP contribution >= 0.6 is 0 Å². The summed E-state index contributed by atoms with van der Waals surface area (Å²) in [4.78, 5) is 4.02. The highest BCUT2D eigenvalue weighted by Crippen LogP contribution is 2.33. The lowest BCUT2D eigenvalue weighted by atomic mass is 10.1. The molecule has 4 heteroatoms. The number of hydrogen-bond acceptors (Lipinski definition) is 4. The molecule has 2 unspecified atom stereocenters. The number of benzene rings is 1. The van der Waals surface area contributed by atoms with E-state index in [2.05, 4.69) is 4.99 Å². The molecule has 0 aliphatic carbocycles. The van der Waals surface area contributed by atoms with Crippen molar-refractivity contribution >= 4 is 11.4 Å². The third kappa shape index (κ3) is 1.25. The summed E-state index contributed by atoms with van der Waals surface area (Å²) in [6.45, 7) is 0. The zero-order valence-electron chi connectivity index (χ0n) is 6.88. The fraction of sp³-hybridized carbons (Fsp3) is 0.222. The summed E-state index contributed by atoms with van der Waals surface area (Å²) in [5.74, 6) is 0. The molecule has 1 aromatic carbocycles. The molecule has 4 nitrogen and oxygen atoms in total. The predicted molar refractivity (Wildman–Crippen MR) is 48.7 cm³/mol. The van der Waals surface area contributed by atoms with Crippen LogP contribution in [-0.2, 0) is 0 Å². The van der Waals surface area contributed by atoms with Crippen molar-refractivity contribution in [3.63, 3.8) is 0 Å². The van der Waals surface area contributed by atoms with Gasteiger partial charge in [-0.25, -0.2) is 0 Å². The molecule has 2 atom stereocenters. The van der Waals surface area contributed by atoms with Crippen LogP contribution in [0.4, 0.5) is 5.69 Å². The lowest BCUT2D eigenvalue weighted by Gasteiger charge is -2.09. The van der Waals surface area contributed by atoms with Crippen molar-refractivity contribution in [2.75, 3.05) is 0 Å². The van der Waals surface area contributed by atoms with Gasteiger partial charge in [0.2, 0.25) is 0 Å². The fourth-order valence-electron chi connectivity index (χ4n) is 1.41. The average Bonchev–Trinajstić information content (AvgIpc) is 2.45. The van der Waals surface area contributed by atoms with E-state index in [0.29, 0.717) is 11.3 Å². The molecule has 0 saturated heterocycles. The maximum Gasteiger partial charge on any atom is 0.144 e. The molecule has 0 spiro atoms. The molecule has 1 aliphatic heterocycles. The van der Waals surface area contributed by atoms with Crippen LogP contribution in [-0.4, -0.2) is 22.2 Å². The molecule has 0 amide bonds. The molecular formula is C9H10N2O2. The van der Waals surface area contributed by atoms with Gasteiger partial charge in [0.1, 0.15) is 12.3 Å². The molecule has 0 fully saturated rings. The Morgan fingerprint density at radius 2 is 2.08 bits per heavy atom. The molecule has 1 heterocycles. The van der Waals surface area contributed by atoms with Crippen LogP contribution < -0.4 is 5.73 Å². The quantitative estimate of drug-likeness (QED) is 0.533. The highest BCUT2D eigenvalue weighted by Gasteiger charge is 2.27. The molecule has 1 aliphatic rings. The van der Waals surface area contributed by atoms with Gasteiger partial charge in [0, 0.05) is 5.56 Å². The topological polar surface area (TPSA) is 78.8 Å². The Balaban J connectivity index is 2.44. The van der Waals surface area contributed by atoms with Gasteiger partial charge in [0.15, 0.2) is 0 Å². The summed E-state index contributed by atoms with van der Waals surface area (Å²) >= 11 is 0. The highest BCUT2D eigenvalue weighted by molar-refractivity contribution is 5.99. The smallest absolute Gasteiger partial charge is 0.144 e. The first-order chi connectivity index (χ1) is 6.20. The van der Waals surface area contributed by atoms with Crippen molar-refractivity contribution in [3.05, 3.63) is 29.8 Å². The van der Waals surface area contributed by atoms with Gasteiger partial charge in [-0.3, -0.25) is 4.99 Å². The van der Waals surface area contributed by atoms with Crippen LogP contribution in [0.15, 0.2) is 29.3 Å². The first-order valence-corrected chi connectivity index (χ1v) is 3.99. The molecule has 1 aromatic rings. The molecule has 4 N–H and O–H groups in total. The molecule has 0 radical (unpaired) electrons. The van der Waals surface area contributed by atoms with E-state index < -0.39 is 12.3 Å². The minimum Gasteiger partial charge on any atom is -0.382 e. The number of aliphatic hydroxyl groups excluding tert-OH is 2. The maximum atomic E-state index is 9.64. The van der Waals surface area contributed by atoms with E-state index in [1.54, 1.807) is 12.1 Å². The average molecular weight is 178 g/mol. The second kappa shape index (κ2) is 2.92. The molecule has 0 saturated carbocycles. The number of para-hydroxylation sites is 1. The molecule has 13 heavy (non-hydrogen) atoms. The van der Waals surface area contributed by atoms with Crippen LogP contribution in [0.5, 0.6) is 0 Å². The summed E-state index contributed by atoms with van der Waals surface area (Å²) in [5.41, 5.74) is 6.81. The number of rotatable bonds is 1. The first kappa shape index (κ1) is 8.37. The van der Waals surface area contributed by atoms with Gasteiger partial charge in [-0.05, 0) is 6.07 Å². The largest absolute Gasteiger partial charge is 0.382 e. The van der Waals surface area contributed by atoms with Crippen LogP contribution in [0, 0.1) is 0 Å². The van der Waals surface area contributed by atoms with Crippen LogP contribution in [0.25, 0.3) is 0 Å². The van der Waals surface area contributed by atoms with Crippen LogP contribution in [0.1, 0.15) is 11.7 Å². The zero-order chi connectivity index (χ0) is 9.42. The molecular weight excluding hydrogens is 168 g/mol. The Hall–Kier alpha value is -1.23. The van der Waals surface area contributed by atoms with Gasteiger partial charge in [-0.2, -0.15) is 0 Å². The summed E-state index contributed by atoms with van der Waals surface area (Å²) in [6.07, 6.45) is -2.06. The Labute approximate surface area is 75.3 Å². The van der Waals surface area contributed by atoms with E-state index in [9.17, 15) is 5.11 Å². The van der Waals surface area contributed by atoms with Crippen molar-refractivity contribution < 1.29 is 10.2 Å². The summed E-state index contributed by atoms with van der Waals surface area (Å²) < 4.78 is 0. The zero-order valence-corrected chi connectivity index (χ0v) is 6.88. The molecule has 0 bridgehead atoms. The number of aliphatic imine (C=N–C) groups is 1. The van der Waals surface area contributed by atoms with E-state index >= 15 is 0 Å². The summed E-state index contributed by atoms with van der Waals surface area (Å²) in [5, 5.41) is 18.7. The predicted octanol–water partition coefficient (Wildman–Crippen LogP) is 0.0832. The minimum absolute atomic E-state index is 0.209. The van der Waals surface area contributed by atoms with Gasteiger partial charge in [-0.15, -0.1) is 0 Å². The van der Waals surface area contributed by atoms with E-state index in [0.717, 1.165) is 0 Å². The van der Waals surface area contributed by atoms with Crippen molar-refractivity contribution in [1.82, 2.24) is 0 Å². The van der Waals surface area contributed by atoms with Crippen molar-refractivity contribution in [2.45, 2.75) is 12.3 Å². The molecule has 0 aromatic heterocycles. The Bertz CT molecular complexity index is 360. The fourth-order valence-corrected chi connectivity index (χ4v) is 1.41. The normalized spacial score (nSPS) is 22.4. The van der Waals surface area contributed by atoms with Gasteiger partial charge < -0.3 is 15.9 Å². The number of nitrogens with two attached hydrogens (primary N) is 1. The van der Waals surface area contributed by atoms with E-state index in [1.807, 2.05) is 12.1 Å². The third-order valence-corrected chi connectivity index (χ3v) is 2.06. The highest BCUT2D eigenvalue weighted by atomic mass is 16.3. The van der Waals surface area contributed by atoms with Crippen LogP contribution in [0.2, 0.25) is 0 Å². The van der Waals surface area contributed by atoms with Gasteiger partial charge >= 0.3 is 0 Å². The lowest BCUT2D eigenvalue weighted by Crippen LogP contribution is -2.32. The van der Waals surface area contributed by atoms with E-state index in [1.165, 1.54) is 0 Å². The summed E-state index contributed by atoms with van der Waals surface area (Å²) in [6, 6.07) is 7.16. The van der Waals surface area contributed by atoms with E-state index in [-0.39, 0.29) is 5.71 Å². The maximum absolute atomic E-state index is 9.64. The second-order valence-electron chi connectivity index (χ2n) is 2.94. The molecule has 68 valence electrons. The van der Waals surface area contributed by atoms with Gasteiger partial charge in [-0.1, -0.05) is 18.2 Å². The standard InChI is InChI=1S/C9H10N2O2/c10-9(13)7-8(12)5-3-1-2-4-6(5)11-7/h1-4,8-9,12-13H,10H2. The van der Waals surface area contributed by atoms with Gasteiger partial charge in [0.05, 0.1) is 11.4 Å². The van der Waals surface area contributed by atoms with Crippen molar-refractivity contribution in [2.24, 2.45) is 10.7 Å².